The van der Waals surface area contributed by atoms with Gasteiger partial charge in [-0.3, -0.25) is 4.79 Å². The Morgan fingerprint density at radius 1 is 1.10 bits per heavy atom. The fourth-order valence-corrected chi connectivity index (χ4v) is 4.69. The van der Waals surface area contributed by atoms with Gasteiger partial charge in [0.1, 0.15) is 5.88 Å². The predicted molar refractivity (Wildman–Crippen MR) is 92.7 cm³/mol. The molecule has 0 aromatic carbocycles. The number of halogens is 1. The molecule has 0 spiro atoms. The topological polar surface area (TPSA) is 32.3 Å². The Morgan fingerprint density at radius 2 is 1.65 bits per heavy atom. The Morgan fingerprint density at radius 3 is 2.20 bits per heavy atom. The summed E-state index contributed by atoms with van der Waals surface area (Å²) in [4.78, 5) is 14.0. The van der Waals surface area contributed by atoms with E-state index in [2.05, 4.69) is 46.9 Å². The van der Waals surface area contributed by atoms with Gasteiger partial charge in [0.25, 0.3) is 0 Å². The zero-order valence-electron chi connectivity index (χ0n) is 13.4. The van der Waals surface area contributed by atoms with Crippen LogP contribution in [0.15, 0.2) is 0 Å². The molecule has 118 valence electrons. The summed E-state index contributed by atoms with van der Waals surface area (Å²) < 4.78 is 0.176. The number of carbonyl (C=O) groups excluding carboxylic acids is 1. The molecule has 1 heterocycles. The van der Waals surface area contributed by atoms with Crippen LogP contribution in [0.2, 0.25) is 0 Å². The van der Waals surface area contributed by atoms with Gasteiger partial charge < -0.3 is 10.2 Å². The van der Waals surface area contributed by atoms with Gasteiger partial charge in [-0.15, -0.1) is 11.6 Å². The first-order valence-electron chi connectivity index (χ1n) is 6.92. The van der Waals surface area contributed by atoms with E-state index in [0.29, 0.717) is 6.54 Å². The normalized spacial score (nSPS) is 26.1. The van der Waals surface area contributed by atoms with E-state index in [4.69, 9.17) is 11.6 Å². The molecule has 1 aliphatic rings. The second kappa shape index (κ2) is 6.67. The fourth-order valence-electron chi connectivity index (χ4n) is 2.04. The number of nitrogens with one attached hydrogen (secondary N) is 1. The fraction of sp³-hybridized carbons (Fsp3) is 0.929. The second-order valence-corrected chi connectivity index (χ2v) is 11.1. The summed E-state index contributed by atoms with van der Waals surface area (Å²) in [6, 6.07) is 0. The minimum atomic E-state index is -0.113. The third-order valence-corrected chi connectivity index (χ3v) is 7.56. The van der Waals surface area contributed by atoms with Crippen LogP contribution < -0.4 is 5.32 Å². The molecular weight excluding hydrogens is 312 g/mol. The van der Waals surface area contributed by atoms with E-state index in [1.165, 1.54) is 0 Å². The lowest BCUT2D eigenvalue weighted by Crippen LogP contribution is -2.56. The van der Waals surface area contributed by atoms with Crippen LogP contribution in [-0.2, 0) is 4.79 Å². The molecule has 20 heavy (non-hydrogen) atoms. The molecule has 0 unspecified atom stereocenters. The molecule has 0 atom stereocenters. The van der Waals surface area contributed by atoms with Gasteiger partial charge in [-0.1, -0.05) is 21.6 Å². The molecule has 0 aromatic rings. The van der Waals surface area contributed by atoms with Crippen LogP contribution in [0, 0.1) is 0 Å². The number of alkyl halides is 1. The number of amides is 1. The summed E-state index contributed by atoms with van der Waals surface area (Å²) in [5.41, 5.74) is -0.113. The number of hydrogen-bond acceptors (Lipinski definition) is 4. The van der Waals surface area contributed by atoms with E-state index in [-0.39, 0.29) is 26.8 Å². The average Bonchev–Trinajstić information content (AvgIpc) is 2.32. The first kappa shape index (κ1) is 18.5. The van der Waals surface area contributed by atoms with Crippen LogP contribution in [0.4, 0.5) is 0 Å². The highest BCUT2D eigenvalue weighted by Crippen LogP contribution is 2.44. The maximum absolute atomic E-state index is 12.1. The molecule has 1 rings (SSSR count). The third-order valence-electron chi connectivity index (χ3n) is 3.11. The molecule has 0 bridgehead atoms. The summed E-state index contributed by atoms with van der Waals surface area (Å²) in [6.45, 7) is 15.5. The summed E-state index contributed by atoms with van der Waals surface area (Å²) in [6.07, 6.45) is 0. The Kier molecular flexibility index (Phi) is 6.16. The van der Waals surface area contributed by atoms with Gasteiger partial charge in [0, 0.05) is 34.7 Å². The molecule has 3 nitrogen and oxygen atoms in total. The molecule has 1 amide bonds. The highest BCUT2D eigenvalue weighted by molar-refractivity contribution is 8.77. The molecule has 0 saturated carbocycles. The summed E-state index contributed by atoms with van der Waals surface area (Å²) >= 11 is 5.76. The van der Waals surface area contributed by atoms with Crippen molar-refractivity contribution in [3.63, 3.8) is 0 Å². The Bertz CT molecular complexity index is 335. The van der Waals surface area contributed by atoms with Crippen molar-refractivity contribution in [2.75, 3.05) is 25.5 Å². The monoisotopic (exact) mass is 338 g/mol. The zero-order valence-corrected chi connectivity index (χ0v) is 15.8. The lowest BCUT2D eigenvalue weighted by atomic mass is 10.0. The van der Waals surface area contributed by atoms with Crippen LogP contribution >= 0.6 is 33.2 Å². The standard InChI is InChI=1S/C14H27ClN2OS2/c1-12(2)9-17(11(18)7-15)10-14(5,6)20-19-13(3,4)8-16-12/h16H,7-10H2,1-6H3. The molecule has 1 saturated heterocycles. The maximum Gasteiger partial charge on any atom is 0.237 e. The highest BCUT2D eigenvalue weighted by Gasteiger charge is 2.34. The zero-order chi connectivity index (χ0) is 15.6. The van der Waals surface area contributed by atoms with Gasteiger partial charge >= 0.3 is 0 Å². The van der Waals surface area contributed by atoms with Crippen molar-refractivity contribution in [2.24, 2.45) is 0 Å². The van der Waals surface area contributed by atoms with E-state index < -0.39 is 0 Å². The van der Waals surface area contributed by atoms with Crippen LogP contribution in [0.5, 0.6) is 0 Å². The van der Waals surface area contributed by atoms with Crippen molar-refractivity contribution in [3.8, 4) is 0 Å². The molecule has 1 N–H and O–H groups in total. The Balaban J connectivity index is 2.95. The molecule has 0 radical (unpaired) electrons. The molecule has 6 heteroatoms. The van der Waals surface area contributed by atoms with E-state index >= 15 is 0 Å². The van der Waals surface area contributed by atoms with Crippen molar-refractivity contribution in [2.45, 2.75) is 56.6 Å². The lowest BCUT2D eigenvalue weighted by molar-refractivity contribution is -0.129. The van der Waals surface area contributed by atoms with Gasteiger partial charge in [-0.2, -0.15) is 0 Å². The van der Waals surface area contributed by atoms with E-state index in [1.807, 2.05) is 26.5 Å². The molecule has 0 aliphatic carbocycles. The van der Waals surface area contributed by atoms with E-state index in [0.717, 1.165) is 13.1 Å². The average molecular weight is 339 g/mol. The second-order valence-electron chi connectivity index (χ2n) is 7.31. The van der Waals surface area contributed by atoms with Crippen LogP contribution in [-0.4, -0.2) is 51.4 Å². The van der Waals surface area contributed by atoms with Gasteiger partial charge in [0.2, 0.25) is 5.91 Å². The molecule has 0 aromatic heterocycles. The molecule has 1 aliphatic heterocycles. The first-order valence-corrected chi connectivity index (χ1v) is 9.60. The highest BCUT2D eigenvalue weighted by atomic mass is 35.5. The lowest BCUT2D eigenvalue weighted by Gasteiger charge is -2.41. The van der Waals surface area contributed by atoms with E-state index in [9.17, 15) is 4.79 Å². The van der Waals surface area contributed by atoms with Gasteiger partial charge in [0.15, 0.2) is 0 Å². The summed E-state index contributed by atoms with van der Waals surface area (Å²) in [7, 11) is 3.74. The van der Waals surface area contributed by atoms with Crippen molar-refractivity contribution >= 4 is 39.1 Å². The number of hydrogen-bond donors (Lipinski definition) is 1. The Labute approximate surface area is 136 Å². The number of carbonyl (C=O) groups is 1. The van der Waals surface area contributed by atoms with Gasteiger partial charge in [0.05, 0.1) is 0 Å². The van der Waals surface area contributed by atoms with Crippen molar-refractivity contribution in [3.05, 3.63) is 0 Å². The Hall–Kier alpha value is 0.420. The molecule has 1 fully saturated rings. The smallest absolute Gasteiger partial charge is 0.237 e. The third kappa shape index (κ3) is 6.04. The maximum atomic E-state index is 12.1. The van der Waals surface area contributed by atoms with Crippen molar-refractivity contribution in [1.29, 1.82) is 0 Å². The SMILES string of the molecule is CC1(C)CN(C(=O)CCl)CC(C)(C)SSC(C)(C)CN1. The van der Waals surface area contributed by atoms with Gasteiger partial charge in [-0.25, -0.2) is 0 Å². The minimum absolute atomic E-state index is 0.0110. The largest absolute Gasteiger partial charge is 0.338 e. The number of nitrogens with zero attached hydrogens (tertiary/aromatic N) is 1. The summed E-state index contributed by atoms with van der Waals surface area (Å²) in [5, 5.41) is 3.58. The first-order chi connectivity index (χ1) is 8.96. The number of rotatable bonds is 1. The van der Waals surface area contributed by atoms with Crippen molar-refractivity contribution in [1.82, 2.24) is 10.2 Å². The van der Waals surface area contributed by atoms with Crippen LogP contribution in [0.1, 0.15) is 41.5 Å². The quantitative estimate of drug-likeness (QED) is 0.587. The predicted octanol–water partition coefficient (Wildman–Crippen LogP) is 3.37. The summed E-state index contributed by atoms with van der Waals surface area (Å²) in [5.74, 6) is 0.0650. The van der Waals surface area contributed by atoms with Crippen LogP contribution in [0.25, 0.3) is 0 Å². The van der Waals surface area contributed by atoms with Crippen LogP contribution in [0.3, 0.4) is 0 Å². The van der Waals surface area contributed by atoms with Gasteiger partial charge in [-0.05, 0) is 41.5 Å². The minimum Gasteiger partial charge on any atom is -0.338 e. The van der Waals surface area contributed by atoms with E-state index in [1.54, 1.807) is 0 Å². The molecular formula is C14H27ClN2OS2. The van der Waals surface area contributed by atoms with Crippen molar-refractivity contribution < 1.29 is 4.79 Å².